The zero-order valence-corrected chi connectivity index (χ0v) is 10.6. The first-order valence-corrected chi connectivity index (χ1v) is 5.75. The van der Waals surface area contributed by atoms with Crippen LogP contribution in [0, 0.1) is 12.9 Å². The lowest BCUT2D eigenvalue weighted by Crippen LogP contribution is -2.14. The van der Waals surface area contributed by atoms with Gasteiger partial charge in [0.2, 0.25) is 5.95 Å². The number of hydrogen-bond acceptors (Lipinski definition) is 3. The van der Waals surface area contributed by atoms with Crippen molar-refractivity contribution in [2.45, 2.75) is 6.92 Å². The summed E-state index contributed by atoms with van der Waals surface area (Å²) in [5.41, 5.74) is 0.904. The second-order valence-electron chi connectivity index (χ2n) is 4.13. The van der Waals surface area contributed by atoms with Gasteiger partial charge in [-0.05, 0) is 36.8 Å². The average molecular weight is 274 g/mol. The minimum absolute atomic E-state index is 0.0811. The minimum atomic E-state index is -1.08. The predicted molar refractivity (Wildman–Crippen MR) is 70.3 cm³/mol. The number of nitrogens with one attached hydrogen (secondary N) is 1. The molecular weight excluding hydrogens is 263 g/mol. The van der Waals surface area contributed by atoms with Crippen LogP contribution in [0.15, 0.2) is 36.4 Å². The number of halogens is 1. The summed E-state index contributed by atoms with van der Waals surface area (Å²) in [6.45, 7) is 1.66. The number of carboxylic acids is 1. The fraction of sp³-hybridized carbons (Fsp3) is 0.0714. The number of benzene rings is 1. The molecule has 0 spiro atoms. The number of carbonyl (C=O) groups is 2. The van der Waals surface area contributed by atoms with Gasteiger partial charge in [-0.2, -0.15) is 4.39 Å². The Hall–Kier alpha value is -2.76. The zero-order valence-electron chi connectivity index (χ0n) is 10.6. The number of amides is 1. The maximum absolute atomic E-state index is 12.9. The molecule has 0 atom stereocenters. The standard InChI is InChI=1S/C14H11FN2O3/c1-8-5-6-9(7-10(8)14(19)20)16-13(18)11-3-2-4-12(15)17-11/h2-7H,1H3,(H,16,18)(H,19,20). The molecule has 0 saturated heterocycles. The highest BCUT2D eigenvalue weighted by atomic mass is 19.1. The molecule has 0 aliphatic carbocycles. The fourth-order valence-corrected chi connectivity index (χ4v) is 1.66. The molecule has 102 valence electrons. The van der Waals surface area contributed by atoms with Crippen molar-refractivity contribution in [2.75, 3.05) is 5.32 Å². The molecule has 2 aromatic rings. The number of rotatable bonds is 3. The van der Waals surface area contributed by atoms with Crippen LogP contribution in [0.1, 0.15) is 26.4 Å². The Morgan fingerprint density at radius 1 is 1.25 bits per heavy atom. The van der Waals surface area contributed by atoms with E-state index >= 15 is 0 Å². The van der Waals surface area contributed by atoms with Crippen LogP contribution in [0.2, 0.25) is 0 Å². The predicted octanol–water partition coefficient (Wildman–Crippen LogP) is 2.48. The van der Waals surface area contributed by atoms with E-state index in [2.05, 4.69) is 10.3 Å². The van der Waals surface area contributed by atoms with E-state index in [1.165, 1.54) is 18.2 Å². The summed E-state index contributed by atoms with van der Waals surface area (Å²) in [5.74, 6) is -2.44. The van der Waals surface area contributed by atoms with Gasteiger partial charge in [0.25, 0.3) is 5.91 Å². The van der Waals surface area contributed by atoms with Crippen molar-refractivity contribution in [3.05, 3.63) is 59.2 Å². The SMILES string of the molecule is Cc1ccc(NC(=O)c2cccc(F)n2)cc1C(=O)O. The molecule has 1 aromatic carbocycles. The van der Waals surface area contributed by atoms with Crippen molar-refractivity contribution >= 4 is 17.6 Å². The van der Waals surface area contributed by atoms with Gasteiger partial charge in [0.05, 0.1) is 5.56 Å². The highest BCUT2D eigenvalue weighted by molar-refractivity contribution is 6.03. The summed E-state index contributed by atoms with van der Waals surface area (Å²) in [6, 6.07) is 8.36. The van der Waals surface area contributed by atoms with Crippen molar-refractivity contribution in [2.24, 2.45) is 0 Å². The van der Waals surface area contributed by atoms with E-state index in [1.807, 2.05) is 0 Å². The lowest BCUT2D eigenvalue weighted by Gasteiger charge is -2.07. The molecule has 1 amide bonds. The highest BCUT2D eigenvalue weighted by Crippen LogP contribution is 2.16. The lowest BCUT2D eigenvalue weighted by atomic mass is 10.1. The Labute approximate surface area is 114 Å². The monoisotopic (exact) mass is 274 g/mol. The Kier molecular flexibility index (Phi) is 3.74. The first-order valence-electron chi connectivity index (χ1n) is 5.75. The van der Waals surface area contributed by atoms with E-state index in [1.54, 1.807) is 19.1 Å². The van der Waals surface area contributed by atoms with E-state index in [9.17, 15) is 14.0 Å². The molecule has 1 heterocycles. The molecule has 0 aliphatic rings. The van der Waals surface area contributed by atoms with E-state index < -0.39 is 17.8 Å². The van der Waals surface area contributed by atoms with Crippen molar-refractivity contribution in [1.29, 1.82) is 0 Å². The number of carboxylic acid groups (broad SMARTS) is 1. The molecule has 0 radical (unpaired) electrons. The van der Waals surface area contributed by atoms with Crippen LogP contribution in [0.3, 0.4) is 0 Å². The van der Waals surface area contributed by atoms with Gasteiger partial charge in [0, 0.05) is 5.69 Å². The highest BCUT2D eigenvalue weighted by Gasteiger charge is 2.12. The molecule has 0 saturated carbocycles. The van der Waals surface area contributed by atoms with Crippen LogP contribution < -0.4 is 5.32 Å². The Bertz CT molecular complexity index is 686. The number of aryl methyl sites for hydroxylation is 1. The first-order chi connectivity index (χ1) is 9.47. The van der Waals surface area contributed by atoms with Gasteiger partial charge in [0.15, 0.2) is 0 Å². The van der Waals surface area contributed by atoms with Gasteiger partial charge in [-0.25, -0.2) is 9.78 Å². The zero-order chi connectivity index (χ0) is 14.7. The van der Waals surface area contributed by atoms with Crippen molar-refractivity contribution in [3.63, 3.8) is 0 Å². The third-order valence-corrected chi connectivity index (χ3v) is 2.67. The Morgan fingerprint density at radius 3 is 2.65 bits per heavy atom. The number of aromatic carboxylic acids is 1. The lowest BCUT2D eigenvalue weighted by molar-refractivity contribution is 0.0695. The smallest absolute Gasteiger partial charge is 0.336 e. The van der Waals surface area contributed by atoms with Gasteiger partial charge in [0.1, 0.15) is 5.69 Å². The van der Waals surface area contributed by atoms with Gasteiger partial charge >= 0.3 is 5.97 Å². The average Bonchev–Trinajstić information content (AvgIpc) is 2.40. The molecule has 1 aromatic heterocycles. The number of nitrogens with zero attached hydrogens (tertiary/aromatic N) is 1. The molecule has 0 aliphatic heterocycles. The number of hydrogen-bond donors (Lipinski definition) is 2. The van der Waals surface area contributed by atoms with Crippen molar-refractivity contribution in [1.82, 2.24) is 4.98 Å². The van der Waals surface area contributed by atoms with Crippen LogP contribution in [0.25, 0.3) is 0 Å². The molecule has 6 heteroatoms. The molecule has 0 unspecified atom stereocenters. The topological polar surface area (TPSA) is 79.3 Å². The normalized spacial score (nSPS) is 10.1. The molecule has 2 rings (SSSR count). The van der Waals surface area contributed by atoms with E-state index in [0.29, 0.717) is 11.3 Å². The molecule has 20 heavy (non-hydrogen) atoms. The second-order valence-corrected chi connectivity index (χ2v) is 4.13. The largest absolute Gasteiger partial charge is 0.478 e. The van der Waals surface area contributed by atoms with Crippen LogP contribution in [0.4, 0.5) is 10.1 Å². The molecule has 2 N–H and O–H groups in total. The van der Waals surface area contributed by atoms with Gasteiger partial charge in [-0.3, -0.25) is 4.79 Å². The summed E-state index contributed by atoms with van der Waals surface area (Å²) in [6.07, 6.45) is 0. The quantitative estimate of drug-likeness (QED) is 0.843. The second kappa shape index (κ2) is 5.48. The Balaban J connectivity index is 2.24. The van der Waals surface area contributed by atoms with E-state index in [4.69, 9.17) is 5.11 Å². The summed E-state index contributed by atoms with van der Waals surface area (Å²) in [7, 11) is 0. The van der Waals surface area contributed by atoms with Crippen molar-refractivity contribution in [3.8, 4) is 0 Å². The molecule has 0 bridgehead atoms. The number of carbonyl (C=O) groups excluding carboxylic acids is 1. The third kappa shape index (κ3) is 2.97. The summed E-state index contributed by atoms with van der Waals surface area (Å²) >= 11 is 0. The van der Waals surface area contributed by atoms with Gasteiger partial charge < -0.3 is 10.4 Å². The van der Waals surface area contributed by atoms with Crippen LogP contribution in [0.5, 0.6) is 0 Å². The summed E-state index contributed by atoms with van der Waals surface area (Å²) in [4.78, 5) is 26.3. The fourth-order valence-electron chi connectivity index (χ4n) is 1.66. The van der Waals surface area contributed by atoms with Crippen LogP contribution in [-0.4, -0.2) is 22.0 Å². The summed E-state index contributed by atoms with van der Waals surface area (Å²) in [5, 5.41) is 11.5. The van der Waals surface area contributed by atoms with Gasteiger partial charge in [-0.1, -0.05) is 12.1 Å². The number of aromatic nitrogens is 1. The first kappa shape index (κ1) is 13.7. The van der Waals surface area contributed by atoms with Crippen LogP contribution >= 0.6 is 0 Å². The van der Waals surface area contributed by atoms with E-state index in [-0.39, 0.29) is 11.3 Å². The molecule has 0 fully saturated rings. The van der Waals surface area contributed by atoms with Crippen LogP contribution in [-0.2, 0) is 0 Å². The minimum Gasteiger partial charge on any atom is -0.478 e. The van der Waals surface area contributed by atoms with Gasteiger partial charge in [-0.15, -0.1) is 0 Å². The van der Waals surface area contributed by atoms with E-state index in [0.717, 1.165) is 6.07 Å². The molecular formula is C14H11FN2O3. The molecule has 5 nitrogen and oxygen atoms in total. The maximum atomic E-state index is 12.9. The number of anilines is 1. The van der Waals surface area contributed by atoms with Crippen molar-refractivity contribution < 1.29 is 19.1 Å². The third-order valence-electron chi connectivity index (χ3n) is 2.67. The number of pyridine rings is 1. The maximum Gasteiger partial charge on any atom is 0.336 e. The summed E-state index contributed by atoms with van der Waals surface area (Å²) < 4.78 is 12.9. The Morgan fingerprint density at radius 2 is 2.00 bits per heavy atom.